The first-order valence-corrected chi connectivity index (χ1v) is 12.6. The summed E-state index contributed by atoms with van der Waals surface area (Å²) in [7, 11) is -3.41. The summed E-state index contributed by atoms with van der Waals surface area (Å²) in [5.74, 6) is 1.00. The Hall–Kier alpha value is -3.87. The molecule has 5 rings (SSSR count). The minimum Gasteiger partial charge on any atom is -0.394 e. The minimum absolute atomic E-state index is 0.0807. The maximum absolute atomic E-state index is 12.3. The molecular formula is C23H23N7O4S. The molecule has 4 aromatic rings. The van der Waals surface area contributed by atoms with Gasteiger partial charge in [0.25, 0.3) is 0 Å². The first-order chi connectivity index (χ1) is 16.9. The van der Waals surface area contributed by atoms with Crippen molar-refractivity contribution in [1.82, 2.24) is 25.1 Å². The van der Waals surface area contributed by atoms with Crippen molar-refractivity contribution < 1.29 is 18.6 Å². The van der Waals surface area contributed by atoms with Crippen LogP contribution in [0.2, 0.25) is 0 Å². The summed E-state index contributed by atoms with van der Waals surface area (Å²) in [6, 6.07) is 13.7. The van der Waals surface area contributed by atoms with E-state index in [0.29, 0.717) is 28.5 Å². The van der Waals surface area contributed by atoms with Crippen LogP contribution in [0.1, 0.15) is 29.7 Å². The summed E-state index contributed by atoms with van der Waals surface area (Å²) in [5.41, 5.74) is 2.30. The lowest BCUT2D eigenvalue weighted by atomic mass is 10.1. The van der Waals surface area contributed by atoms with Crippen LogP contribution in [-0.4, -0.2) is 56.1 Å². The highest BCUT2D eigenvalue weighted by atomic mass is 32.2. The average Bonchev–Trinajstić information content (AvgIpc) is 3.40. The molecule has 0 radical (unpaired) electrons. The van der Waals surface area contributed by atoms with E-state index in [1.54, 1.807) is 18.3 Å². The third-order valence-electron chi connectivity index (χ3n) is 5.77. The van der Waals surface area contributed by atoms with E-state index < -0.39 is 22.0 Å². The molecular weight excluding hydrogens is 470 g/mol. The summed E-state index contributed by atoms with van der Waals surface area (Å²) >= 11 is 0. The highest BCUT2D eigenvalue weighted by Crippen LogP contribution is 2.35. The number of nitrogens with zero attached hydrogens (tertiary/aromatic N) is 4. The van der Waals surface area contributed by atoms with Crippen molar-refractivity contribution in [1.29, 1.82) is 0 Å². The standard InChI is InChI=1S/C23H23N7O4S/c31-12-18(14-4-2-1-3-5-14)28-22-17(21-25-13-26-30-21)11-24-23(29-22)27-15-6-7-20-16(10-15)19(32)8-9-35(20,33)34/h1-7,10-11,13,18-19,31-32H,8-9,12H2,(H,25,26,30)(H2,24,27,28,29)/t18-,19?/m1/s1. The first-order valence-electron chi connectivity index (χ1n) is 10.9. The van der Waals surface area contributed by atoms with Crippen molar-refractivity contribution >= 4 is 27.3 Å². The Morgan fingerprint density at radius 2 is 1.97 bits per heavy atom. The van der Waals surface area contributed by atoms with E-state index >= 15 is 0 Å². The fourth-order valence-electron chi connectivity index (χ4n) is 3.98. The molecule has 2 aromatic heterocycles. The monoisotopic (exact) mass is 493 g/mol. The number of nitrogens with one attached hydrogen (secondary N) is 3. The van der Waals surface area contributed by atoms with Gasteiger partial charge in [0.2, 0.25) is 5.95 Å². The molecule has 180 valence electrons. The summed E-state index contributed by atoms with van der Waals surface area (Å²) in [6.45, 7) is -0.177. The third kappa shape index (κ3) is 4.71. The number of aliphatic hydroxyl groups excluding tert-OH is 2. The predicted molar refractivity (Wildman–Crippen MR) is 129 cm³/mol. The number of aromatic amines is 1. The molecule has 0 saturated heterocycles. The van der Waals surface area contributed by atoms with Crippen molar-refractivity contribution in [3.63, 3.8) is 0 Å². The Morgan fingerprint density at radius 1 is 1.14 bits per heavy atom. The third-order valence-corrected chi connectivity index (χ3v) is 7.59. The zero-order valence-electron chi connectivity index (χ0n) is 18.5. The van der Waals surface area contributed by atoms with Crippen LogP contribution in [0.15, 0.2) is 66.0 Å². The maximum Gasteiger partial charge on any atom is 0.229 e. The number of benzene rings is 2. The molecule has 35 heavy (non-hydrogen) atoms. The number of rotatable bonds is 7. The molecule has 3 heterocycles. The Morgan fingerprint density at radius 3 is 2.71 bits per heavy atom. The first kappa shape index (κ1) is 22.9. The van der Waals surface area contributed by atoms with E-state index in [-0.39, 0.29) is 29.6 Å². The topological polar surface area (TPSA) is 166 Å². The van der Waals surface area contributed by atoms with E-state index in [1.807, 2.05) is 30.3 Å². The molecule has 2 aromatic carbocycles. The van der Waals surface area contributed by atoms with Crippen molar-refractivity contribution in [2.24, 2.45) is 0 Å². The van der Waals surface area contributed by atoms with Crippen molar-refractivity contribution in [2.45, 2.75) is 23.5 Å². The number of hydrogen-bond donors (Lipinski definition) is 5. The lowest BCUT2D eigenvalue weighted by molar-refractivity contribution is 0.168. The quantitative estimate of drug-likeness (QED) is 0.258. The van der Waals surface area contributed by atoms with Gasteiger partial charge in [-0.25, -0.2) is 18.4 Å². The van der Waals surface area contributed by atoms with Crippen LogP contribution < -0.4 is 10.6 Å². The van der Waals surface area contributed by atoms with Gasteiger partial charge in [-0.05, 0) is 30.2 Å². The second-order valence-electron chi connectivity index (χ2n) is 8.08. The van der Waals surface area contributed by atoms with Gasteiger partial charge in [-0.1, -0.05) is 30.3 Å². The number of sulfone groups is 1. The van der Waals surface area contributed by atoms with E-state index in [1.165, 1.54) is 12.4 Å². The number of H-pyrrole nitrogens is 1. The smallest absolute Gasteiger partial charge is 0.229 e. The maximum atomic E-state index is 12.3. The highest BCUT2D eigenvalue weighted by molar-refractivity contribution is 7.91. The van der Waals surface area contributed by atoms with Crippen LogP contribution in [0.5, 0.6) is 0 Å². The fraction of sp³-hybridized carbons (Fsp3) is 0.217. The molecule has 0 spiro atoms. The molecule has 0 saturated carbocycles. The number of hydrogen-bond acceptors (Lipinski definition) is 10. The molecule has 0 aliphatic carbocycles. The molecule has 0 amide bonds. The molecule has 2 atom stereocenters. The molecule has 0 bridgehead atoms. The number of aliphatic hydroxyl groups is 2. The molecule has 1 aliphatic rings. The van der Waals surface area contributed by atoms with Gasteiger partial charge in [0.05, 0.1) is 35.0 Å². The van der Waals surface area contributed by atoms with Gasteiger partial charge >= 0.3 is 0 Å². The molecule has 1 aliphatic heterocycles. The van der Waals surface area contributed by atoms with Gasteiger partial charge in [0.1, 0.15) is 12.1 Å². The largest absolute Gasteiger partial charge is 0.394 e. The summed E-state index contributed by atoms with van der Waals surface area (Å²) in [6.07, 6.45) is 2.23. The van der Waals surface area contributed by atoms with Crippen molar-refractivity contribution in [2.75, 3.05) is 23.0 Å². The second kappa shape index (κ2) is 9.41. The van der Waals surface area contributed by atoms with Crippen LogP contribution >= 0.6 is 0 Å². The molecule has 5 N–H and O–H groups in total. The van der Waals surface area contributed by atoms with Crippen LogP contribution in [0.25, 0.3) is 11.4 Å². The van der Waals surface area contributed by atoms with Gasteiger partial charge in [-0.15, -0.1) is 0 Å². The van der Waals surface area contributed by atoms with Crippen LogP contribution in [-0.2, 0) is 9.84 Å². The van der Waals surface area contributed by atoms with E-state index in [0.717, 1.165) is 5.56 Å². The van der Waals surface area contributed by atoms with E-state index in [2.05, 4.69) is 35.8 Å². The van der Waals surface area contributed by atoms with Gasteiger partial charge < -0.3 is 20.8 Å². The van der Waals surface area contributed by atoms with Crippen molar-refractivity contribution in [3.05, 3.63) is 72.2 Å². The molecule has 0 fully saturated rings. The minimum atomic E-state index is -3.41. The normalized spacial score (nSPS) is 17.4. The van der Waals surface area contributed by atoms with E-state index in [9.17, 15) is 18.6 Å². The van der Waals surface area contributed by atoms with Crippen LogP contribution in [0.4, 0.5) is 17.5 Å². The second-order valence-corrected chi connectivity index (χ2v) is 10.2. The number of anilines is 3. The number of aromatic nitrogens is 5. The zero-order chi connectivity index (χ0) is 24.4. The zero-order valence-corrected chi connectivity index (χ0v) is 19.3. The molecule has 12 heteroatoms. The molecule has 11 nitrogen and oxygen atoms in total. The van der Waals surface area contributed by atoms with Gasteiger partial charge in [-0.3, -0.25) is 5.10 Å². The van der Waals surface area contributed by atoms with Gasteiger partial charge in [-0.2, -0.15) is 10.1 Å². The lowest BCUT2D eigenvalue weighted by Crippen LogP contribution is -2.20. The Balaban J connectivity index is 1.49. The summed E-state index contributed by atoms with van der Waals surface area (Å²) in [5, 5.41) is 33.3. The molecule has 1 unspecified atom stereocenters. The predicted octanol–water partition coefficient (Wildman–Crippen LogP) is 2.36. The van der Waals surface area contributed by atoms with Crippen LogP contribution in [0.3, 0.4) is 0 Å². The van der Waals surface area contributed by atoms with Gasteiger partial charge in [0.15, 0.2) is 15.7 Å². The SMILES string of the molecule is O=S1(=O)CCC(O)c2cc(Nc3ncc(-c4ncn[nH]4)c(N[C@H](CO)c4ccccc4)n3)ccc21. The Labute approximate surface area is 201 Å². The average molecular weight is 494 g/mol. The lowest BCUT2D eigenvalue weighted by Gasteiger charge is -2.22. The summed E-state index contributed by atoms with van der Waals surface area (Å²) < 4.78 is 24.7. The summed E-state index contributed by atoms with van der Waals surface area (Å²) in [4.78, 5) is 13.3. The van der Waals surface area contributed by atoms with Gasteiger partial charge in [0, 0.05) is 17.4 Å². The fourth-order valence-corrected chi connectivity index (χ4v) is 5.56. The van der Waals surface area contributed by atoms with E-state index in [4.69, 9.17) is 0 Å². The Kier molecular flexibility index (Phi) is 6.16. The van der Waals surface area contributed by atoms with Crippen molar-refractivity contribution in [3.8, 4) is 11.4 Å². The Bertz CT molecular complexity index is 1430. The number of fused-ring (bicyclic) bond motifs is 1. The highest BCUT2D eigenvalue weighted by Gasteiger charge is 2.29. The van der Waals surface area contributed by atoms with Crippen LogP contribution in [0, 0.1) is 0 Å².